The SMILES string of the molecule is Cc1c(Cl)ccc(CN)c1Br. The third-order valence-electron chi connectivity index (χ3n) is 1.62. The Morgan fingerprint density at radius 3 is 2.73 bits per heavy atom. The number of hydrogen-bond acceptors (Lipinski definition) is 1. The van der Waals surface area contributed by atoms with Crippen LogP contribution in [0.5, 0.6) is 0 Å². The molecule has 1 aromatic rings. The molecule has 1 nitrogen and oxygen atoms in total. The van der Waals surface area contributed by atoms with Crippen LogP contribution in [0.1, 0.15) is 11.1 Å². The molecule has 0 heterocycles. The maximum absolute atomic E-state index is 5.87. The van der Waals surface area contributed by atoms with E-state index in [1.165, 1.54) is 0 Å². The minimum Gasteiger partial charge on any atom is -0.326 e. The Kier molecular flexibility index (Phi) is 2.93. The molecule has 0 aliphatic rings. The molecule has 0 aliphatic heterocycles. The van der Waals surface area contributed by atoms with Gasteiger partial charge in [-0.2, -0.15) is 0 Å². The Labute approximate surface area is 79.7 Å². The Hall–Kier alpha value is -0.0500. The zero-order valence-electron chi connectivity index (χ0n) is 6.20. The van der Waals surface area contributed by atoms with E-state index in [2.05, 4.69) is 15.9 Å². The summed E-state index contributed by atoms with van der Waals surface area (Å²) in [6, 6.07) is 3.79. The van der Waals surface area contributed by atoms with Crippen LogP contribution in [-0.4, -0.2) is 0 Å². The van der Waals surface area contributed by atoms with Crippen molar-refractivity contribution in [3.8, 4) is 0 Å². The number of rotatable bonds is 1. The quantitative estimate of drug-likeness (QED) is 0.794. The molecule has 0 radical (unpaired) electrons. The third-order valence-corrected chi connectivity index (χ3v) is 3.13. The summed E-state index contributed by atoms with van der Waals surface area (Å²) in [5, 5.41) is 0.772. The molecule has 11 heavy (non-hydrogen) atoms. The van der Waals surface area contributed by atoms with Crippen LogP contribution in [0.15, 0.2) is 16.6 Å². The summed E-state index contributed by atoms with van der Waals surface area (Å²) >= 11 is 9.30. The minimum absolute atomic E-state index is 0.540. The molecule has 2 N–H and O–H groups in total. The molecule has 0 saturated heterocycles. The molecule has 60 valence electrons. The maximum atomic E-state index is 5.87. The topological polar surface area (TPSA) is 26.0 Å². The van der Waals surface area contributed by atoms with E-state index in [1.54, 1.807) is 0 Å². The molecule has 0 aliphatic carbocycles. The van der Waals surface area contributed by atoms with Crippen LogP contribution in [0, 0.1) is 6.92 Å². The van der Waals surface area contributed by atoms with E-state index in [0.717, 1.165) is 20.6 Å². The fourth-order valence-electron chi connectivity index (χ4n) is 0.875. The molecule has 0 fully saturated rings. The van der Waals surface area contributed by atoms with E-state index < -0.39 is 0 Å². The lowest BCUT2D eigenvalue weighted by Crippen LogP contribution is -1.98. The zero-order valence-corrected chi connectivity index (χ0v) is 8.54. The van der Waals surface area contributed by atoms with Gasteiger partial charge >= 0.3 is 0 Å². The van der Waals surface area contributed by atoms with Gasteiger partial charge in [0.05, 0.1) is 0 Å². The second kappa shape index (κ2) is 3.57. The minimum atomic E-state index is 0.540. The molecule has 1 aromatic carbocycles. The van der Waals surface area contributed by atoms with Crippen LogP contribution in [0.4, 0.5) is 0 Å². The summed E-state index contributed by atoms with van der Waals surface area (Å²) in [7, 11) is 0. The van der Waals surface area contributed by atoms with Crippen molar-refractivity contribution >= 4 is 27.5 Å². The van der Waals surface area contributed by atoms with Gasteiger partial charge in [-0.05, 0) is 24.1 Å². The summed E-state index contributed by atoms with van der Waals surface area (Å²) in [5.41, 5.74) is 7.64. The van der Waals surface area contributed by atoms with E-state index in [1.807, 2.05) is 19.1 Å². The predicted molar refractivity (Wildman–Crippen MR) is 51.8 cm³/mol. The van der Waals surface area contributed by atoms with Gasteiger partial charge in [-0.25, -0.2) is 0 Å². The van der Waals surface area contributed by atoms with Crippen molar-refractivity contribution in [3.05, 3.63) is 32.8 Å². The average Bonchev–Trinajstić information content (AvgIpc) is 2.01. The third kappa shape index (κ3) is 1.75. The lowest BCUT2D eigenvalue weighted by Gasteiger charge is -2.05. The molecule has 0 atom stereocenters. The fraction of sp³-hybridized carbons (Fsp3) is 0.250. The highest BCUT2D eigenvalue weighted by molar-refractivity contribution is 9.10. The first-order valence-corrected chi connectivity index (χ1v) is 4.47. The van der Waals surface area contributed by atoms with Gasteiger partial charge in [0.25, 0.3) is 0 Å². The van der Waals surface area contributed by atoms with Gasteiger partial charge in [0, 0.05) is 16.0 Å². The van der Waals surface area contributed by atoms with Crippen LogP contribution in [0.25, 0.3) is 0 Å². The first-order valence-electron chi connectivity index (χ1n) is 3.30. The van der Waals surface area contributed by atoms with Crippen molar-refractivity contribution in [1.82, 2.24) is 0 Å². The monoisotopic (exact) mass is 233 g/mol. The van der Waals surface area contributed by atoms with Crippen LogP contribution >= 0.6 is 27.5 Å². The Morgan fingerprint density at radius 2 is 2.18 bits per heavy atom. The van der Waals surface area contributed by atoms with Crippen LogP contribution in [0.2, 0.25) is 5.02 Å². The van der Waals surface area contributed by atoms with Crippen LogP contribution < -0.4 is 5.73 Å². The Bertz CT molecular complexity index is 273. The number of nitrogens with two attached hydrogens (primary N) is 1. The summed E-state index contributed by atoms with van der Waals surface area (Å²) in [6.45, 7) is 2.50. The van der Waals surface area contributed by atoms with E-state index in [4.69, 9.17) is 17.3 Å². The summed E-state index contributed by atoms with van der Waals surface area (Å²) in [4.78, 5) is 0. The fourth-order valence-corrected chi connectivity index (χ4v) is 1.65. The van der Waals surface area contributed by atoms with Gasteiger partial charge in [0.1, 0.15) is 0 Å². The Balaban J connectivity index is 3.25. The lowest BCUT2D eigenvalue weighted by molar-refractivity contribution is 1.05. The molecule has 0 amide bonds. The molecule has 0 unspecified atom stereocenters. The molecule has 1 rings (SSSR count). The normalized spacial score (nSPS) is 10.2. The van der Waals surface area contributed by atoms with Crippen LogP contribution in [-0.2, 0) is 6.54 Å². The first-order chi connectivity index (χ1) is 5.16. The van der Waals surface area contributed by atoms with E-state index in [9.17, 15) is 0 Å². The van der Waals surface area contributed by atoms with Gasteiger partial charge in [0.15, 0.2) is 0 Å². The van der Waals surface area contributed by atoms with Crippen molar-refractivity contribution in [2.45, 2.75) is 13.5 Å². The summed E-state index contributed by atoms with van der Waals surface area (Å²) in [5.74, 6) is 0. The van der Waals surface area contributed by atoms with E-state index in [0.29, 0.717) is 6.54 Å². The van der Waals surface area contributed by atoms with E-state index >= 15 is 0 Å². The number of halogens is 2. The van der Waals surface area contributed by atoms with Crippen molar-refractivity contribution in [2.24, 2.45) is 5.73 Å². The lowest BCUT2D eigenvalue weighted by atomic mass is 10.1. The summed E-state index contributed by atoms with van der Waals surface area (Å²) in [6.07, 6.45) is 0. The molecular formula is C8H9BrClN. The molecule has 3 heteroatoms. The van der Waals surface area contributed by atoms with Gasteiger partial charge in [-0.15, -0.1) is 0 Å². The van der Waals surface area contributed by atoms with Crippen molar-refractivity contribution in [1.29, 1.82) is 0 Å². The van der Waals surface area contributed by atoms with Gasteiger partial charge < -0.3 is 5.73 Å². The van der Waals surface area contributed by atoms with Gasteiger partial charge in [-0.3, -0.25) is 0 Å². The Morgan fingerprint density at radius 1 is 1.55 bits per heavy atom. The molecule has 0 aromatic heterocycles. The largest absolute Gasteiger partial charge is 0.326 e. The number of hydrogen-bond donors (Lipinski definition) is 1. The van der Waals surface area contributed by atoms with Crippen molar-refractivity contribution in [3.63, 3.8) is 0 Å². The second-order valence-electron chi connectivity index (χ2n) is 2.35. The van der Waals surface area contributed by atoms with Gasteiger partial charge in [0.2, 0.25) is 0 Å². The highest BCUT2D eigenvalue weighted by Crippen LogP contribution is 2.27. The summed E-state index contributed by atoms with van der Waals surface area (Å²) < 4.78 is 1.02. The highest BCUT2D eigenvalue weighted by Gasteiger charge is 2.03. The standard InChI is InChI=1S/C8H9BrClN/c1-5-7(10)3-2-6(4-11)8(5)9/h2-3H,4,11H2,1H3. The average molecular weight is 235 g/mol. The van der Waals surface area contributed by atoms with E-state index in [-0.39, 0.29) is 0 Å². The van der Waals surface area contributed by atoms with Crippen LogP contribution in [0.3, 0.4) is 0 Å². The first kappa shape index (κ1) is 9.04. The zero-order chi connectivity index (χ0) is 8.43. The molecule has 0 bridgehead atoms. The predicted octanol–water partition coefficient (Wildman–Crippen LogP) is 2.87. The highest BCUT2D eigenvalue weighted by atomic mass is 79.9. The van der Waals surface area contributed by atoms with Crippen molar-refractivity contribution in [2.75, 3.05) is 0 Å². The maximum Gasteiger partial charge on any atom is 0.0446 e. The van der Waals surface area contributed by atoms with Crippen molar-refractivity contribution < 1.29 is 0 Å². The van der Waals surface area contributed by atoms with Gasteiger partial charge in [-0.1, -0.05) is 33.6 Å². The second-order valence-corrected chi connectivity index (χ2v) is 3.55. The number of benzene rings is 1. The molecule has 0 saturated carbocycles. The molecule has 0 spiro atoms. The smallest absolute Gasteiger partial charge is 0.0446 e. The molecular weight excluding hydrogens is 225 g/mol.